The molecule has 1 rings (SSSR count). The summed E-state index contributed by atoms with van der Waals surface area (Å²) in [6.07, 6.45) is 0. The van der Waals surface area contributed by atoms with Gasteiger partial charge in [0.15, 0.2) is 0 Å². The maximum absolute atomic E-state index is 11.9. The van der Waals surface area contributed by atoms with Gasteiger partial charge in [-0.25, -0.2) is 9.59 Å². The van der Waals surface area contributed by atoms with Crippen LogP contribution in [0.1, 0.15) is 62.3 Å². The van der Waals surface area contributed by atoms with Gasteiger partial charge in [-0.05, 0) is 50.5 Å². The van der Waals surface area contributed by atoms with Crippen molar-refractivity contribution in [1.82, 2.24) is 0 Å². The molecule has 0 aliphatic carbocycles. The number of hydrogen-bond acceptors (Lipinski definition) is 4. The third kappa shape index (κ3) is 6.43. The van der Waals surface area contributed by atoms with E-state index >= 15 is 0 Å². The Morgan fingerprint density at radius 2 is 1.29 bits per heavy atom. The number of carbonyl (C=O) groups is 2. The van der Waals surface area contributed by atoms with Crippen LogP contribution in [0.4, 0.5) is 0 Å². The Morgan fingerprint density at radius 1 is 0.857 bits per heavy atom. The summed E-state index contributed by atoms with van der Waals surface area (Å²) in [6.45, 7) is 11.7. The molecule has 0 unspecified atom stereocenters. The highest BCUT2D eigenvalue weighted by molar-refractivity contribution is 5.93. The third-order valence-electron chi connectivity index (χ3n) is 2.39. The van der Waals surface area contributed by atoms with Crippen molar-refractivity contribution in [2.24, 2.45) is 5.41 Å². The van der Waals surface area contributed by atoms with Gasteiger partial charge in [0, 0.05) is 0 Å². The summed E-state index contributed by atoms with van der Waals surface area (Å²) in [5, 5.41) is 0. The molecular weight excluding hydrogens is 268 g/mol. The van der Waals surface area contributed by atoms with E-state index in [1.807, 2.05) is 41.5 Å². The first-order valence-electron chi connectivity index (χ1n) is 6.98. The quantitative estimate of drug-likeness (QED) is 0.794. The van der Waals surface area contributed by atoms with Crippen LogP contribution >= 0.6 is 0 Å². The Balaban J connectivity index is 2.70. The zero-order chi connectivity index (χ0) is 16.3. The molecule has 0 N–H and O–H groups in total. The largest absolute Gasteiger partial charge is 0.462 e. The minimum absolute atomic E-state index is 0.0773. The van der Waals surface area contributed by atoms with Crippen LogP contribution in [0, 0.1) is 5.41 Å². The Hall–Kier alpha value is -1.84. The molecule has 4 nitrogen and oxygen atoms in total. The predicted molar refractivity (Wildman–Crippen MR) is 81.3 cm³/mol. The first-order chi connectivity index (χ1) is 9.48. The lowest BCUT2D eigenvalue weighted by molar-refractivity contribution is 0.00689. The van der Waals surface area contributed by atoms with Crippen LogP contribution in [0.5, 0.6) is 0 Å². The molecule has 0 aliphatic heterocycles. The molecule has 0 radical (unpaired) electrons. The molecule has 0 amide bonds. The molecule has 1 aromatic rings. The molecule has 0 heterocycles. The van der Waals surface area contributed by atoms with Gasteiger partial charge >= 0.3 is 11.9 Å². The van der Waals surface area contributed by atoms with Gasteiger partial charge in [-0.2, -0.15) is 0 Å². The first kappa shape index (κ1) is 17.2. The Labute approximate surface area is 126 Å². The van der Waals surface area contributed by atoms with Crippen LogP contribution < -0.4 is 0 Å². The molecule has 0 aliphatic rings. The summed E-state index contributed by atoms with van der Waals surface area (Å²) < 4.78 is 10.5. The van der Waals surface area contributed by atoms with Gasteiger partial charge in [0.2, 0.25) is 0 Å². The Bertz CT molecular complexity index is 501. The summed E-state index contributed by atoms with van der Waals surface area (Å²) in [4.78, 5) is 23.7. The molecular formula is C17H24O4. The van der Waals surface area contributed by atoms with Crippen molar-refractivity contribution >= 4 is 11.9 Å². The summed E-state index contributed by atoms with van der Waals surface area (Å²) in [7, 11) is 0. The average Bonchev–Trinajstić information content (AvgIpc) is 2.33. The first-order valence-corrected chi connectivity index (χ1v) is 6.98. The zero-order valence-corrected chi connectivity index (χ0v) is 13.6. The van der Waals surface area contributed by atoms with E-state index in [1.165, 1.54) is 0 Å². The van der Waals surface area contributed by atoms with E-state index in [2.05, 4.69) is 0 Å². The lowest BCUT2D eigenvalue weighted by Gasteiger charge is -2.19. The lowest BCUT2D eigenvalue weighted by atomic mass is 9.99. The molecule has 0 spiro atoms. The van der Waals surface area contributed by atoms with Crippen molar-refractivity contribution in [2.45, 2.75) is 47.1 Å². The summed E-state index contributed by atoms with van der Waals surface area (Å²) in [5.74, 6) is -0.794. The van der Waals surface area contributed by atoms with E-state index < -0.39 is 11.6 Å². The van der Waals surface area contributed by atoms with E-state index in [1.54, 1.807) is 24.3 Å². The second kappa shape index (κ2) is 6.29. The van der Waals surface area contributed by atoms with Crippen LogP contribution in [-0.2, 0) is 9.47 Å². The second-order valence-electron chi connectivity index (χ2n) is 7.22. The van der Waals surface area contributed by atoms with Gasteiger partial charge in [0.1, 0.15) is 5.60 Å². The van der Waals surface area contributed by atoms with Gasteiger partial charge < -0.3 is 9.47 Å². The van der Waals surface area contributed by atoms with E-state index in [-0.39, 0.29) is 11.4 Å². The highest BCUT2D eigenvalue weighted by atomic mass is 16.6. The van der Waals surface area contributed by atoms with Gasteiger partial charge in [-0.3, -0.25) is 0 Å². The molecule has 0 atom stereocenters. The third-order valence-corrected chi connectivity index (χ3v) is 2.39. The highest BCUT2D eigenvalue weighted by Gasteiger charge is 2.19. The van der Waals surface area contributed by atoms with Crippen molar-refractivity contribution in [3.63, 3.8) is 0 Å². The smallest absolute Gasteiger partial charge is 0.338 e. The van der Waals surface area contributed by atoms with Gasteiger partial charge in [-0.1, -0.05) is 20.8 Å². The topological polar surface area (TPSA) is 52.6 Å². The summed E-state index contributed by atoms with van der Waals surface area (Å²) in [5.41, 5.74) is 0.219. The van der Waals surface area contributed by atoms with Crippen LogP contribution in [0.3, 0.4) is 0 Å². The number of hydrogen-bond donors (Lipinski definition) is 0. The minimum Gasteiger partial charge on any atom is -0.462 e. The van der Waals surface area contributed by atoms with Crippen molar-refractivity contribution in [3.8, 4) is 0 Å². The molecule has 0 bridgehead atoms. The standard InChI is InChI=1S/C17H24O4/c1-16(2,3)11-20-14(18)12-7-9-13(10-8-12)15(19)21-17(4,5)6/h7-10H,11H2,1-6H3. The zero-order valence-electron chi connectivity index (χ0n) is 13.6. The van der Waals surface area contributed by atoms with Gasteiger partial charge in [-0.15, -0.1) is 0 Å². The van der Waals surface area contributed by atoms with Crippen LogP contribution in [0.25, 0.3) is 0 Å². The monoisotopic (exact) mass is 292 g/mol. The van der Waals surface area contributed by atoms with Crippen molar-refractivity contribution < 1.29 is 19.1 Å². The fourth-order valence-electron chi connectivity index (χ4n) is 1.44. The number of rotatable bonds is 3. The predicted octanol–water partition coefficient (Wildman–Crippen LogP) is 3.84. The van der Waals surface area contributed by atoms with Gasteiger partial charge in [0.25, 0.3) is 0 Å². The average molecular weight is 292 g/mol. The highest BCUT2D eigenvalue weighted by Crippen LogP contribution is 2.16. The molecule has 0 aromatic heterocycles. The fraction of sp³-hybridized carbons (Fsp3) is 0.529. The number of carbonyl (C=O) groups excluding carboxylic acids is 2. The summed E-state index contributed by atoms with van der Waals surface area (Å²) in [6, 6.07) is 6.29. The van der Waals surface area contributed by atoms with Crippen molar-refractivity contribution in [1.29, 1.82) is 0 Å². The molecule has 0 saturated carbocycles. The Kier molecular flexibility index (Phi) is 5.15. The fourth-order valence-corrected chi connectivity index (χ4v) is 1.44. The minimum atomic E-state index is -0.540. The lowest BCUT2D eigenvalue weighted by Crippen LogP contribution is -2.24. The van der Waals surface area contributed by atoms with Crippen LogP contribution in [-0.4, -0.2) is 24.1 Å². The van der Waals surface area contributed by atoms with Crippen molar-refractivity contribution in [2.75, 3.05) is 6.61 Å². The van der Waals surface area contributed by atoms with E-state index in [4.69, 9.17) is 9.47 Å². The SMILES string of the molecule is CC(C)(C)COC(=O)c1ccc(C(=O)OC(C)(C)C)cc1. The van der Waals surface area contributed by atoms with Crippen molar-refractivity contribution in [3.05, 3.63) is 35.4 Å². The molecule has 21 heavy (non-hydrogen) atoms. The molecule has 116 valence electrons. The van der Waals surface area contributed by atoms with Crippen LogP contribution in [0.15, 0.2) is 24.3 Å². The molecule has 4 heteroatoms. The maximum Gasteiger partial charge on any atom is 0.338 e. The second-order valence-corrected chi connectivity index (χ2v) is 7.22. The Morgan fingerprint density at radius 3 is 1.67 bits per heavy atom. The van der Waals surface area contributed by atoms with Gasteiger partial charge in [0.05, 0.1) is 17.7 Å². The normalized spacial score (nSPS) is 11.9. The molecule has 0 saturated heterocycles. The summed E-state index contributed by atoms with van der Waals surface area (Å²) >= 11 is 0. The molecule has 1 aromatic carbocycles. The number of benzene rings is 1. The van der Waals surface area contributed by atoms with E-state index in [0.29, 0.717) is 17.7 Å². The van der Waals surface area contributed by atoms with Crippen LogP contribution in [0.2, 0.25) is 0 Å². The van der Waals surface area contributed by atoms with E-state index in [0.717, 1.165) is 0 Å². The van der Waals surface area contributed by atoms with E-state index in [9.17, 15) is 9.59 Å². The molecule has 0 fully saturated rings. The maximum atomic E-state index is 11.9. The number of ether oxygens (including phenoxy) is 2. The number of esters is 2.